The molecule has 0 aliphatic carbocycles. The van der Waals surface area contributed by atoms with Gasteiger partial charge in [-0.1, -0.05) is 187 Å². The van der Waals surface area contributed by atoms with Crippen LogP contribution in [0, 0.1) is 0 Å². The minimum atomic E-state index is 0.293. The molecular formula is C70H61N9. The predicted molar refractivity (Wildman–Crippen MR) is 326 cm³/mol. The van der Waals surface area contributed by atoms with Gasteiger partial charge in [-0.25, -0.2) is 24.9 Å². The summed E-state index contributed by atoms with van der Waals surface area (Å²) in [5.41, 5.74) is 18.1. The van der Waals surface area contributed by atoms with E-state index >= 15 is 0 Å². The summed E-state index contributed by atoms with van der Waals surface area (Å²) in [6.45, 7) is 18.0. The van der Waals surface area contributed by atoms with Gasteiger partial charge in [-0.15, -0.1) is 0 Å². The molecule has 3 aromatic heterocycles. The summed E-state index contributed by atoms with van der Waals surface area (Å²) in [6, 6.07) is 76.2. The summed E-state index contributed by atoms with van der Waals surface area (Å²) in [5.74, 6) is 4.29. The Morgan fingerprint density at radius 3 is 1.37 bits per heavy atom. The topological polar surface area (TPSA) is 89.9 Å². The fraction of sp³-hybridized carbons (Fsp3) is 0.143. The van der Waals surface area contributed by atoms with Crippen LogP contribution in [0.15, 0.2) is 223 Å². The van der Waals surface area contributed by atoms with Crippen LogP contribution in [-0.2, 0) is 6.54 Å². The second kappa shape index (κ2) is 21.4. The number of imidazole rings is 2. The van der Waals surface area contributed by atoms with E-state index < -0.39 is 0 Å². The molecule has 0 N–H and O–H groups in total. The van der Waals surface area contributed by atoms with Crippen molar-refractivity contribution in [2.75, 3.05) is 4.90 Å². The Morgan fingerprint density at radius 1 is 0.418 bits per heavy atom. The first-order valence-electron chi connectivity index (χ1n) is 27.2. The number of fused-ring (bicyclic) bond motifs is 2. The molecule has 9 heteroatoms. The van der Waals surface area contributed by atoms with Gasteiger partial charge in [-0.3, -0.25) is 14.1 Å². The molecule has 386 valence electrons. The van der Waals surface area contributed by atoms with Gasteiger partial charge < -0.3 is 4.90 Å². The summed E-state index contributed by atoms with van der Waals surface area (Å²) in [4.78, 5) is 33.7. The quantitative estimate of drug-likeness (QED) is 0.0951. The van der Waals surface area contributed by atoms with E-state index in [1.165, 1.54) is 22.3 Å². The monoisotopic (exact) mass is 1030 g/mol. The van der Waals surface area contributed by atoms with Gasteiger partial charge in [0, 0.05) is 51.4 Å². The summed E-state index contributed by atoms with van der Waals surface area (Å²) < 4.78 is 4.53. The van der Waals surface area contributed by atoms with Crippen LogP contribution in [0.3, 0.4) is 0 Å². The number of para-hydroxylation sites is 6. The first-order chi connectivity index (χ1) is 38.6. The van der Waals surface area contributed by atoms with Crippen LogP contribution in [0.4, 0.5) is 17.1 Å². The van der Waals surface area contributed by atoms with Crippen LogP contribution in [-0.4, -0.2) is 40.8 Å². The van der Waals surface area contributed by atoms with Gasteiger partial charge in [0.05, 0.1) is 33.4 Å². The zero-order valence-corrected chi connectivity index (χ0v) is 45.5. The van der Waals surface area contributed by atoms with Crippen molar-refractivity contribution in [1.82, 2.24) is 34.1 Å². The number of aliphatic imine (C=N–C) groups is 1. The highest BCUT2D eigenvalue weighted by Crippen LogP contribution is 2.40. The average molecular weight is 1030 g/mol. The average Bonchev–Trinajstić information content (AvgIpc) is 4.10. The van der Waals surface area contributed by atoms with E-state index in [0.717, 1.165) is 90.0 Å². The summed E-state index contributed by atoms with van der Waals surface area (Å²) >= 11 is 0. The van der Waals surface area contributed by atoms with Crippen molar-refractivity contribution in [2.24, 2.45) is 4.99 Å². The minimum absolute atomic E-state index is 0.293. The normalized spacial score (nSPS) is 11.6. The third-order valence-corrected chi connectivity index (χ3v) is 14.9. The second-order valence-electron chi connectivity index (χ2n) is 21.0. The molecule has 0 unspecified atom stereocenters. The van der Waals surface area contributed by atoms with Crippen LogP contribution in [0.25, 0.3) is 90.4 Å². The van der Waals surface area contributed by atoms with Gasteiger partial charge in [0.25, 0.3) is 0 Å². The van der Waals surface area contributed by atoms with Crippen molar-refractivity contribution in [1.29, 1.82) is 0 Å². The molecule has 0 saturated heterocycles. The van der Waals surface area contributed by atoms with Crippen LogP contribution >= 0.6 is 0 Å². The van der Waals surface area contributed by atoms with Crippen molar-refractivity contribution >= 4 is 45.8 Å². The Hall–Kier alpha value is -9.60. The molecule has 12 rings (SSSR count). The first kappa shape index (κ1) is 50.2. The lowest BCUT2D eigenvalue weighted by Crippen LogP contribution is -2.18. The fourth-order valence-corrected chi connectivity index (χ4v) is 11.0. The van der Waals surface area contributed by atoms with Crippen molar-refractivity contribution in [3.05, 3.63) is 241 Å². The summed E-state index contributed by atoms with van der Waals surface area (Å²) in [5, 5.41) is 0. The Bertz CT molecular complexity index is 4030. The number of rotatable bonds is 15. The van der Waals surface area contributed by atoms with Gasteiger partial charge in [-0.05, 0) is 120 Å². The number of benzene rings is 9. The zero-order valence-electron chi connectivity index (χ0n) is 45.5. The molecule has 0 spiro atoms. The predicted octanol–water partition coefficient (Wildman–Crippen LogP) is 17.9. The van der Waals surface area contributed by atoms with Crippen molar-refractivity contribution < 1.29 is 0 Å². The van der Waals surface area contributed by atoms with E-state index in [1.54, 1.807) is 0 Å². The molecule has 0 bridgehead atoms. The van der Waals surface area contributed by atoms with Crippen LogP contribution in [0.1, 0.15) is 81.5 Å². The molecule has 3 heterocycles. The van der Waals surface area contributed by atoms with Gasteiger partial charge in [0.2, 0.25) is 0 Å². The molecule has 9 nitrogen and oxygen atoms in total. The van der Waals surface area contributed by atoms with Crippen LogP contribution in [0.5, 0.6) is 0 Å². The lowest BCUT2D eigenvalue weighted by atomic mass is 9.96. The molecule has 0 fully saturated rings. The first-order valence-corrected chi connectivity index (χ1v) is 27.2. The molecule has 12 aromatic rings. The standard InChI is InChI=1S/C70H61N9/c1-45(2)55-30-9-8-23-51(55)44-77(63-38-17-14-35-60(63)71-7)52-27-20-24-48(41-52)66-74-67(49-25-21-28-53(42-49)78-64-39-18-15-36-61(64)72-69(78)58-33-12-10-31-56(58)46(3)4)76-68(75-66)50-26-22-29-54(43-50)79-65-40-19-16-37-62(65)73-70(79)59-34-13-11-32-57(59)47(5)6/h8-43,45-47H,7,44H2,1-6H3. The van der Waals surface area contributed by atoms with E-state index in [-0.39, 0.29) is 0 Å². The van der Waals surface area contributed by atoms with Crippen LogP contribution in [0.2, 0.25) is 0 Å². The van der Waals surface area contributed by atoms with Gasteiger partial charge >= 0.3 is 0 Å². The molecule has 79 heavy (non-hydrogen) atoms. The SMILES string of the molecule is C=Nc1ccccc1N(Cc1ccccc1C(C)C)c1cccc(-c2nc(-c3cccc(-n4c(-c5ccccc5C(C)C)nc5ccccc54)c3)nc(-c3cccc(-n4c(-c5ccccc5C(C)C)nc5ccccc54)c3)n2)c1. The van der Waals surface area contributed by atoms with E-state index in [9.17, 15) is 0 Å². The smallest absolute Gasteiger partial charge is 0.164 e. The van der Waals surface area contributed by atoms with Gasteiger partial charge in [0.1, 0.15) is 11.6 Å². The zero-order chi connectivity index (χ0) is 54.1. The van der Waals surface area contributed by atoms with E-state index in [4.69, 9.17) is 24.9 Å². The summed E-state index contributed by atoms with van der Waals surface area (Å²) in [7, 11) is 0. The summed E-state index contributed by atoms with van der Waals surface area (Å²) in [6.07, 6.45) is 0. The Kier molecular flexibility index (Phi) is 13.6. The minimum Gasteiger partial charge on any atom is -0.335 e. The molecule has 0 atom stereocenters. The lowest BCUT2D eigenvalue weighted by Gasteiger charge is -2.28. The molecule has 0 aliphatic heterocycles. The number of anilines is 2. The number of aromatic nitrogens is 7. The molecular weight excluding hydrogens is 967 g/mol. The lowest BCUT2D eigenvalue weighted by molar-refractivity contribution is 0.832. The largest absolute Gasteiger partial charge is 0.335 e. The highest BCUT2D eigenvalue weighted by Gasteiger charge is 2.23. The fourth-order valence-electron chi connectivity index (χ4n) is 11.0. The third-order valence-electron chi connectivity index (χ3n) is 14.9. The van der Waals surface area contributed by atoms with Crippen molar-refractivity contribution in [2.45, 2.75) is 65.8 Å². The maximum Gasteiger partial charge on any atom is 0.164 e. The molecule has 0 aliphatic rings. The highest BCUT2D eigenvalue weighted by atomic mass is 15.2. The maximum absolute atomic E-state index is 5.41. The molecule has 0 amide bonds. The highest BCUT2D eigenvalue weighted by molar-refractivity contribution is 5.86. The molecule has 0 saturated carbocycles. The molecule has 9 aromatic carbocycles. The van der Waals surface area contributed by atoms with E-state index in [1.807, 2.05) is 24.3 Å². The third kappa shape index (κ3) is 9.69. The number of nitrogens with zero attached hydrogens (tertiary/aromatic N) is 9. The maximum atomic E-state index is 5.41. The number of hydrogen-bond acceptors (Lipinski definition) is 7. The Balaban J connectivity index is 1.05. The van der Waals surface area contributed by atoms with Gasteiger partial charge in [-0.2, -0.15) is 0 Å². The molecule has 0 radical (unpaired) electrons. The van der Waals surface area contributed by atoms with E-state index in [2.05, 4.69) is 261 Å². The Morgan fingerprint density at radius 2 is 0.848 bits per heavy atom. The Labute approximate surface area is 462 Å². The van der Waals surface area contributed by atoms with Crippen LogP contribution < -0.4 is 4.90 Å². The second-order valence-corrected chi connectivity index (χ2v) is 21.0. The van der Waals surface area contributed by atoms with Crippen molar-refractivity contribution in [3.63, 3.8) is 0 Å². The van der Waals surface area contributed by atoms with Gasteiger partial charge in [0.15, 0.2) is 17.5 Å². The van der Waals surface area contributed by atoms with E-state index in [0.29, 0.717) is 41.8 Å². The van der Waals surface area contributed by atoms with Crippen molar-refractivity contribution in [3.8, 4) is 68.3 Å². The number of hydrogen-bond donors (Lipinski definition) is 0.